The number of carbonyl (C=O) groups is 1. The Morgan fingerprint density at radius 1 is 1.45 bits per heavy atom. The molecule has 0 aliphatic carbocycles. The lowest BCUT2D eigenvalue weighted by Crippen LogP contribution is -2.41. The van der Waals surface area contributed by atoms with Gasteiger partial charge in [-0.3, -0.25) is 4.90 Å². The molecule has 110 valence electrons. The van der Waals surface area contributed by atoms with Gasteiger partial charge < -0.3 is 10.0 Å². The van der Waals surface area contributed by atoms with Crippen LogP contribution in [0.15, 0.2) is 22.7 Å². The van der Waals surface area contributed by atoms with E-state index in [4.69, 9.17) is 5.11 Å². The molecule has 1 aliphatic rings. The lowest BCUT2D eigenvalue weighted by Gasteiger charge is -2.35. The zero-order chi connectivity index (χ0) is 14.7. The van der Waals surface area contributed by atoms with Crippen molar-refractivity contribution in [3.63, 3.8) is 0 Å². The van der Waals surface area contributed by atoms with Gasteiger partial charge in [0.2, 0.25) is 0 Å². The number of aromatic carboxylic acids is 1. The second kappa shape index (κ2) is 6.70. The Labute approximate surface area is 128 Å². The third-order valence-corrected chi connectivity index (χ3v) is 4.80. The Morgan fingerprint density at radius 3 is 2.70 bits per heavy atom. The molecule has 1 heterocycles. The normalized spacial score (nSPS) is 17.6. The summed E-state index contributed by atoms with van der Waals surface area (Å²) >= 11 is 3.51. The molecule has 0 unspecified atom stereocenters. The summed E-state index contributed by atoms with van der Waals surface area (Å²) in [7, 11) is 4.28. The van der Waals surface area contributed by atoms with Crippen molar-refractivity contribution >= 4 is 21.9 Å². The number of carboxylic acid groups (broad SMARTS) is 1. The molecule has 1 N–H and O–H groups in total. The highest BCUT2D eigenvalue weighted by molar-refractivity contribution is 9.10. The minimum absolute atomic E-state index is 0.347. The van der Waals surface area contributed by atoms with Gasteiger partial charge in [0, 0.05) is 17.1 Å². The Bertz CT molecular complexity index is 485. The van der Waals surface area contributed by atoms with E-state index in [0.29, 0.717) is 11.6 Å². The summed E-state index contributed by atoms with van der Waals surface area (Å²) in [6.07, 6.45) is 2.34. The number of likely N-dealkylation sites (tertiary alicyclic amines) is 1. The van der Waals surface area contributed by atoms with Crippen LogP contribution in [0.3, 0.4) is 0 Å². The summed E-state index contributed by atoms with van der Waals surface area (Å²) in [5.74, 6) is -0.874. The van der Waals surface area contributed by atoms with Gasteiger partial charge in [-0.05, 0) is 63.8 Å². The van der Waals surface area contributed by atoms with Gasteiger partial charge in [0.25, 0.3) is 0 Å². The van der Waals surface area contributed by atoms with Crippen molar-refractivity contribution in [1.29, 1.82) is 0 Å². The number of hydrogen-bond acceptors (Lipinski definition) is 3. The Balaban J connectivity index is 2.05. The zero-order valence-corrected chi connectivity index (χ0v) is 13.6. The van der Waals surface area contributed by atoms with E-state index in [0.717, 1.165) is 29.7 Å². The lowest BCUT2D eigenvalue weighted by molar-refractivity contribution is 0.0696. The van der Waals surface area contributed by atoms with Crippen LogP contribution in [0, 0.1) is 0 Å². The Kier molecular flexibility index (Phi) is 5.18. The molecule has 2 rings (SSSR count). The largest absolute Gasteiger partial charge is 0.478 e. The van der Waals surface area contributed by atoms with Crippen molar-refractivity contribution in [2.24, 2.45) is 0 Å². The maximum atomic E-state index is 11.1. The first-order valence-corrected chi connectivity index (χ1v) is 7.67. The summed E-state index contributed by atoms with van der Waals surface area (Å²) in [5, 5.41) is 9.08. The molecule has 5 heteroatoms. The summed E-state index contributed by atoms with van der Waals surface area (Å²) in [5.41, 5.74) is 1.38. The number of rotatable bonds is 4. The molecular formula is C15H21BrN2O2. The molecule has 0 spiro atoms. The maximum absolute atomic E-state index is 11.1. The molecule has 0 aromatic heterocycles. The van der Waals surface area contributed by atoms with Gasteiger partial charge in [0.05, 0.1) is 5.56 Å². The van der Waals surface area contributed by atoms with E-state index in [1.165, 1.54) is 12.8 Å². The van der Waals surface area contributed by atoms with Crippen molar-refractivity contribution in [2.75, 3.05) is 27.2 Å². The number of hydrogen-bond donors (Lipinski definition) is 1. The SMILES string of the molecule is CN1CCC(N(C)Cc2cc(C(=O)O)ccc2Br)CC1. The van der Waals surface area contributed by atoms with Gasteiger partial charge in [0.1, 0.15) is 0 Å². The molecule has 1 saturated heterocycles. The topological polar surface area (TPSA) is 43.8 Å². The van der Waals surface area contributed by atoms with Crippen LogP contribution < -0.4 is 0 Å². The average molecular weight is 341 g/mol. The van der Waals surface area contributed by atoms with Crippen LogP contribution in [-0.2, 0) is 6.54 Å². The first-order chi connectivity index (χ1) is 9.47. The van der Waals surface area contributed by atoms with E-state index >= 15 is 0 Å². The maximum Gasteiger partial charge on any atom is 0.335 e. The summed E-state index contributed by atoms with van der Waals surface area (Å²) in [6.45, 7) is 3.03. The molecule has 1 fully saturated rings. The predicted molar refractivity (Wildman–Crippen MR) is 83.1 cm³/mol. The third-order valence-electron chi connectivity index (χ3n) is 4.02. The van der Waals surface area contributed by atoms with Crippen molar-refractivity contribution in [3.8, 4) is 0 Å². The molecule has 20 heavy (non-hydrogen) atoms. The highest BCUT2D eigenvalue weighted by atomic mass is 79.9. The molecule has 0 radical (unpaired) electrons. The summed E-state index contributed by atoms with van der Waals surface area (Å²) < 4.78 is 0.974. The second-order valence-electron chi connectivity index (χ2n) is 5.56. The molecule has 1 aromatic rings. The van der Waals surface area contributed by atoms with Crippen molar-refractivity contribution in [1.82, 2.24) is 9.80 Å². The van der Waals surface area contributed by atoms with E-state index in [-0.39, 0.29) is 0 Å². The number of nitrogens with zero attached hydrogens (tertiary/aromatic N) is 2. The minimum atomic E-state index is -0.874. The fourth-order valence-electron chi connectivity index (χ4n) is 2.66. The number of carboxylic acids is 1. The molecule has 0 amide bonds. The second-order valence-corrected chi connectivity index (χ2v) is 6.42. The highest BCUT2D eigenvalue weighted by Crippen LogP contribution is 2.23. The smallest absolute Gasteiger partial charge is 0.335 e. The fraction of sp³-hybridized carbons (Fsp3) is 0.533. The Hall–Kier alpha value is -0.910. The van der Waals surface area contributed by atoms with Crippen LogP contribution in [0.4, 0.5) is 0 Å². The van der Waals surface area contributed by atoms with Gasteiger partial charge in [-0.1, -0.05) is 15.9 Å². The number of benzene rings is 1. The van der Waals surface area contributed by atoms with E-state index in [1.807, 2.05) is 6.07 Å². The van der Waals surface area contributed by atoms with Crippen molar-refractivity contribution < 1.29 is 9.90 Å². The van der Waals surface area contributed by atoms with Gasteiger partial charge in [-0.15, -0.1) is 0 Å². The van der Waals surface area contributed by atoms with Gasteiger partial charge in [-0.25, -0.2) is 4.79 Å². The van der Waals surface area contributed by atoms with Crippen LogP contribution in [0.1, 0.15) is 28.8 Å². The van der Waals surface area contributed by atoms with Crippen LogP contribution in [0.25, 0.3) is 0 Å². The molecular weight excluding hydrogens is 320 g/mol. The third kappa shape index (κ3) is 3.81. The number of piperidine rings is 1. The van der Waals surface area contributed by atoms with Gasteiger partial charge >= 0.3 is 5.97 Å². The van der Waals surface area contributed by atoms with Crippen molar-refractivity contribution in [3.05, 3.63) is 33.8 Å². The van der Waals surface area contributed by atoms with Crippen LogP contribution >= 0.6 is 15.9 Å². The Morgan fingerprint density at radius 2 is 2.10 bits per heavy atom. The summed E-state index contributed by atoms with van der Waals surface area (Å²) in [6, 6.07) is 5.79. The summed E-state index contributed by atoms with van der Waals surface area (Å²) in [4.78, 5) is 15.7. The van der Waals surface area contributed by atoms with Crippen LogP contribution in [-0.4, -0.2) is 54.1 Å². The van der Waals surface area contributed by atoms with Crippen molar-refractivity contribution in [2.45, 2.75) is 25.4 Å². The lowest BCUT2D eigenvalue weighted by atomic mass is 10.0. The van der Waals surface area contributed by atoms with Crippen LogP contribution in [0.5, 0.6) is 0 Å². The van der Waals surface area contributed by atoms with E-state index in [1.54, 1.807) is 12.1 Å². The first kappa shape index (κ1) is 15.5. The van der Waals surface area contributed by atoms with E-state index < -0.39 is 5.97 Å². The van der Waals surface area contributed by atoms with E-state index in [2.05, 4.69) is 39.8 Å². The molecule has 4 nitrogen and oxygen atoms in total. The number of halogens is 1. The van der Waals surface area contributed by atoms with Gasteiger partial charge in [-0.2, -0.15) is 0 Å². The zero-order valence-electron chi connectivity index (χ0n) is 12.0. The predicted octanol–water partition coefficient (Wildman–Crippen LogP) is 2.67. The standard InChI is InChI=1S/C15H21BrN2O2/c1-17-7-5-13(6-8-17)18(2)10-12-9-11(15(19)20)3-4-14(12)16/h3-4,9,13H,5-8,10H2,1-2H3,(H,19,20). The molecule has 1 aromatic carbocycles. The highest BCUT2D eigenvalue weighted by Gasteiger charge is 2.21. The van der Waals surface area contributed by atoms with E-state index in [9.17, 15) is 4.79 Å². The minimum Gasteiger partial charge on any atom is -0.478 e. The molecule has 0 atom stereocenters. The van der Waals surface area contributed by atoms with Gasteiger partial charge in [0.15, 0.2) is 0 Å². The molecule has 0 bridgehead atoms. The fourth-order valence-corrected chi connectivity index (χ4v) is 3.03. The monoisotopic (exact) mass is 340 g/mol. The molecule has 1 aliphatic heterocycles. The van der Waals surface area contributed by atoms with Crippen LogP contribution in [0.2, 0.25) is 0 Å². The first-order valence-electron chi connectivity index (χ1n) is 6.88. The quantitative estimate of drug-likeness (QED) is 0.915. The average Bonchev–Trinajstić information content (AvgIpc) is 2.41. The molecule has 0 saturated carbocycles.